The van der Waals surface area contributed by atoms with Crippen LogP contribution in [0.15, 0.2) is 60.2 Å². The third-order valence-electron chi connectivity index (χ3n) is 4.77. The van der Waals surface area contributed by atoms with E-state index in [-0.39, 0.29) is 5.97 Å². The summed E-state index contributed by atoms with van der Waals surface area (Å²) in [6, 6.07) is 7.00. The van der Waals surface area contributed by atoms with E-state index < -0.39 is 0 Å². The number of esters is 1. The molecule has 0 aliphatic heterocycles. The normalized spacial score (nSPS) is 30.3. The van der Waals surface area contributed by atoms with Crippen molar-refractivity contribution in [1.82, 2.24) is 0 Å². The average molecular weight is 294 g/mol. The lowest BCUT2D eigenvalue weighted by atomic mass is 10.1. The molecule has 1 aromatic rings. The van der Waals surface area contributed by atoms with Gasteiger partial charge in [0.05, 0.1) is 12.7 Å². The van der Waals surface area contributed by atoms with Crippen molar-refractivity contribution in [3.05, 3.63) is 65.8 Å². The van der Waals surface area contributed by atoms with Gasteiger partial charge in [0, 0.05) is 5.92 Å². The summed E-state index contributed by atoms with van der Waals surface area (Å²) in [7, 11) is 1.61. The summed E-state index contributed by atoms with van der Waals surface area (Å²) in [4.78, 5) is 12.2. The van der Waals surface area contributed by atoms with Gasteiger partial charge in [-0.2, -0.15) is 0 Å². The van der Waals surface area contributed by atoms with Gasteiger partial charge in [-0.15, -0.1) is 0 Å². The number of hydrogen-bond donors (Lipinski definition) is 0. The van der Waals surface area contributed by atoms with Crippen molar-refractivity contribution in [1.29, 1.82) is 0 Å². The highest BCUT2D eigenvalue weighted by Crippen LogP contribution is 2.56. The minimum atomic E-state index is -0.279. The SMILES string of the molecule is COc1ccc(C(=O)OCC2=CC3C=CC4C(C=C3)C24)cc1. The molecule has 0 heterocycles. The number of methoxy groups -OCH3 is 1. The topological polar surface area (TPSA) is 35.5 Å². The van der Waals surface area contributed by atoms with Crippen LogP contribution in [0.2, 0.25) is 0 Å². The predicted molar refractivity (Wildman–Crippen MR) is 83.6 cm³/mol. The fraction of sp³-hybridized carbons (Fsp3) is 0.316. The first-order chi connectivity index (χ1) is 10.8. The lowest BCUT2D eigenvalue weighted by Crippen LogP contribution is -2.10. The number of hydrogen-bond acceptors (Lipinski definition) is 3. The molecule has 0 N–H and O–H groups in total. The first-order valence-electron chi connectivity index (χ1n) is 7.64. The molecule has 0 spiro atoms. The molecule has 3 heteroatoms. The molecule has 0 aromatic heterocycles. The fourth-order valence-electron chi connectivity index (χ4n) is 3.50. The highest BCUT2D eigenvalue weighted by molar-refractivity contribution is 5.89. The van der Waals surface area contributed by atoms with Gasteiger partial charge >= 0.3 is 5.97 Å². The van der Waals surface area contributed by atoms with Crippen LogP contribution in [-0.2, 0) is 4.74 Å². The molecule has 2 atom stereocenters. The highest BCUT2D eigenvalue weighted by atomic mass is 16.5. The summed E-state index contributed by atoms with van der Waals surface area (Å²) in [5.74, 6) is 2.55. The van der Waals surface area contributed by atoms with E-state index in [0.29, 0.717) is 35.8 Å². The second kappa shape index (κ2) is 5.16. The molecule has 0 radical (unpaired) electrons. The summed E-state index contributed by atoms with van der Waals surface area (Å²) in [5, 5.41) is 0. The van der Waals surface area contributed by atoms with Crippen molar-refractivity contribution < 1.29 is 14.3 Å². The van der Waals surface area contributed by atoms with Crippen molar-refractivity contribution in [2.24, 2.45) is 23.7 Å². The van der Waals surface area contributed by atoms with E-state index in [0.717, 1.165) is 5.75 Å². The van der Waals surface area contributed by atoms with Crippen molar-refractivity contribution in [2.75, 3.05) is 13.7 Å². The lowest BCUT2D eigenvalue weighted by Gasteiger charge is -2.09. The molecule has 5 rings (SSSR count). The Balaban J connectivity index is 1.42. The van der Waals surface area contributed by atoms with Gasteiger partial charge < -0.3 is 9.47 Å². The van der Waals surface area contributed by atoms with E-state index >= 15 is 0 Å². The smallest absolute Gasteiger partial charge is 0.338 e. The van der Waals surface area contributed by atoms with Gasteiger partial charge in [0.2, 0.25) is 0 Å². The number of carbonyl (C=O) groups is 1. The Morgan fingerprint density at radius 3 is 2.36 bits per heavy atom. The number of carbonyl (C=O) groups excluding carboxylic acids is 1. The number of allylic oxidation sites excluding steroid dienone is 5. The van der Waals surface area contributed by atoms with Crippen LogP contribution in [0.3, 0.4) is 0 Å². The van der Waals surface area contributed by atoms with E-state index in [1.807, 2.05) is 0 Å². The third-order valence-corrected chi connectivity index (χ3v) is 4.77. The van der Waals surface area contributed by atoms with E-state index in [4.69, 9.17) is 9.47 Å². The second-order valence-corrected chi connectivity index (χ2v) is 6.07. The second-order valence-electron chi connectivity index (χ2n) is 6.07. The average Bonchev–Trinajstić information content (AvgIpc) is 3.31. The minimum absolute atomic E-state index is 0.279. The van der Waals surface area contributed by atoms with Gasteiger partial charge in [-0.3, -0.25) is 0 Å². The highest BCUT2D eigenvalue weighted by Gasteiger charge is 2.50. The monoisotopic (exact) mass is 294 g/mol. The van der Waals surface area contributed by atoms with E-state index in [2.05, 4.69) is 30.4 Å². The number of benzene rings is 1. The summed E-state index contributed by atoms with van der Waals surface area (Å²) in [6.45, 7) is 0.391. The molecule has 4 aliphatic rings. The van der Waals surface area contributed by atoms with Crippen LogP contribution >= 0.6 is 0 Å². The van der Waals surface area contributed by atoms with Crippen LogP contribution in [0.1, 0.15) is 10.4 Å². The van der Waals surface area contributed by atoms with E-state index in [9.17, 15) is 4.79 Å². The summed E-state index contributed by atoms with van der Waals surface area (Å²) in [6.07, 6.45) is 11.4. The standard InChI is InChI=1S/C19H18O3/c1-21-15-6-4-13(5-7-15)19(20)22-11-14-10-12-2-8-16-17(9-3-12)18(14)16/h2-10,12,16-18H,11H2,1H3. The molecule has 4 aliphatic carbocycles. The molecule has 0 saturated heterocycles. The molecule has 112 valence electrons. The molecule has 1 saturated carbocycles. The quantitative estimate of drug-likeness (QED) is 0.630. The Morgan fingerprint density at radius 1 is 1.05 bits per heavy atom. The first-order valence-corrected chi connectivity index (χ1v) is 7.64. The molecule has 1 aromatic carbocycles. The van der Waals surface area contributed by atoms with Crippen LogP contribution in [0.5, 0.6) is 5.75 Å². The van der Waals surface area contributed by atoms with Gasteiger partial charge in [-0.05, 0) is 47.6 Å². The van der Waals surface area contributed by atoms with Gasteiger partial charge in [0.15, 0.2) is 0 Å². The van der Waals surface area contributed by atoms with E-state index in [1.165, 1.54) is 5.57 Å². The largest absolute Gasteiger partial charge is 0.497 e. The molecule has 0 amide bonds. The predicted octanol–water partition coefficient (Wildman–Crippen LogP) is 3.40. The van der Waals surface area contributed by atoms with Crippen LogP contribution in [0.4, 0.5) is 0 Å². The number of ether oxygens (including phenoxy) is 2. The van der Waals surface area contributed by atoms with Gasteiger partial charge in [-0.25, -0.2) is 4.79 Å². The summed E-state index contributed by atoms with van der Waals surface area (Å²) in [5.41, 5.74) is 1.82. The third kappa shape index (κ3) is 2.27. The maximum Gasteiger partial charge on any atom is 0.338 e. The van der Waals surface area contributed by atoms with Crippen LogP contribution in [-0.4, -0.2) is 19.7 Å². The zero-order valence-electron chi connectivity index (χ0n) is 12.4. The maximum atomic E-state index is 12.2. The molecular weight excluding hydrogens is 276 g/mol. The molecule has 4 bridgehead atoms. The first kappa shape index (κ1) is 13.4. The Labute approximate surface area is 129 Å². The van der Waals surface area contributed by atoms with Gasteiger partial charge in [0.25, 0.3) is 0 Å². The Morgan fingerprint density at radius 2 is 1.73 bits per heavy atom. The fourth-order valence-corrected chi connectivity index (χ4v) is 3.50. The van der Waals surface area contributed by atoms with Crippen molar-refractivity contribution >= 4 is 5.97 Å². The van der Waals surface area contributed by atoms with Crippen molar-refractivity contribution in [2.45, 2.75) is 0 Å². The van der Waals surface area contributed by atoms with Crippen LogP contribution in [0.25, 0.3) is 0 Å². The summed E-state index contributed by atoms with van der Waals surface area (Å²) >= 11 is 0. The van der Waals surface area contributed by atoms with Crippen LogP contribution < -0.4 is 4.74 Å². The molecule has 3 nitrogen and oxygen atoms in total. The molecule has 1 fully saturated rings. The number of rotatable bonds is 4. The van der Waals surface area contributed by atoms with E-state index in [1.54, 1.807) is 31.4 Å². The minimum Gasteiger partial charge on any atom is -0.497 e. The Bertz CT molecular complexity index is 661. The Kier molecular flexibility index (Phi) is 3.14. The molecule has 2 unspecified atom stereocenters. The molecular formula is C19H18O3. The zero-order valence-corrected chi connectivity index (χ0v) is 12.4. The van der Waals surface area contributed by atoms with Gasteiger partial charge in [0.1, 0.15) is 12.4 Å². The van der Waals surface area contributed by atoms with Crippen molar-refractivity contribution in [3.63, 3.8) is 0 Å². The Hall–Kier alpha value is -2.29. The van der Waals surface area contributed by atoms with Gasteiger partial charge in [-0.1, -0.05) is 30.4 Å². The summed E-state index contributed by atoms with van der Waals surface area (Å²) < 4.78 is 10.6. The molecule has 22 heavy (non-hydrogen) atoms. The maximum absolute atomic E-state index is 12.2. The van der Waals surface area contributed by atoms with Crippen molar-refractivity contribution in [3.8, 4) is 5.75 Å². The lowest BCUT2D eigenvalue weighted by molar-refractivity contribution is 0.0535. The van der Waals surface area contributed by atoms with Crippen LogP contribution in [0, 0.1) is 23.7 Å². The zero-order chi connectivity index (χ0) is 15.1.